The first-order valence-electron chi connectivity index (χ1n) is 23.6. The number of rotatable bonds is 2. The monoisotopic (exact) mass is 858 g/mol. The van der Waals surface area contributed by atoms with Gasteiger partial charge in [-0.2, -0.15) is 0 Å². The molecule has 0 bridgehead atoms. The van der Waals surface area contributed by atoms with E-state index in [-0.39, 0.29) is 33.8 Å². The molecule has 5 heteroatoms. The summed E-state index contributed by atoms with van der Waals surface area (Å²) in [6.07, 6.45) is 2.32. The first-order valence-corrected chi connectivity index (χ1v) is 24.4. The van der Waals surface area contributed by atoms with Gasteiger partial charge in [0.2, 0.25) is 0 Å². The van der Waals surface area contributed by atoms with Gasteiger partial charge in [-0.3, -0.25) is 0 Å². The lowest BCUT2D eigenvalue weighted by Gasteiger charge is -2.43. The van der Waals surface area contributed by atoms with Gasteiger partial charge in [-0.1, -0.05) is 132 Å². The standard InChI is InChI=1S/C59H63BN2OS/c1-34-29-46-50-47(30-34)62(39-22-17-36(18-23-39)56(5,6)7)52-45(25-24-40-41-31-37(57(8,9)10)19-26-49(41)64-53(40)52)60(50)54-51(61(46)38-20-15-35(16-21-38)55(2,3)4)42-32-43-44(33-48(42)63-54)59(13,14)28-27-58(43,11)12/h15-26,29-33H,27-28H2,1-14H3. The molecule has 0 fully saturated rings. The summed E-state index contributed by atoms with van der Waals surface area (Å²) in [5.74, 6) is 0. The maximum Gasteiger partial charge on any atom is 0.297 e. The number of fused-ring (bicyclic) bond motifs is 11. The second-order valence-corrected chi connectivity index (χ2v) is 24.9. The molecule has 3 nitrogen and oxygen atoms in total. The molecule has 0 spiro atoms. The summed E-state index contributed by atoms with van der Waals surface area (Å²) >= 11 is 1.94. The topological polar surface area (TPSA) is 19.6 Å². The molecule has 11 rings (SSSR count). The number of hydrogen-bond acceptors (Lipinski definition) is 4. The van der Waals surface area contributed by atoms with Gasteiger partial charge in [0.15, 0.2) is 0 Å². The number of hydrogen-bond donors (Lipinski definition) is 0. The predicted octanol–water partition coefficient (Wildman–Crippen LogP) is 15.4. The summed E-state index contributed by atoms with van der Waals surface area (Å²) in [6.45, 7) is 32.7. The Bertz CT molecular complexity index is 3230. The van der Waals surface area contributed by atoms with Gasteiger partial charge in [0.05, 0.1) is 21.7 Å². The molecule has 8 aromatic rings. The van der Waals surface area contributed by atoms with Crippen molar-refractivity contribution in [1.82, 2.24) is 0 Å². The molecular formula is C59H63BN2OS. The van der Waals surface area contributed by atoms with Crippen LogP contribution < -0.4 is 26.4 Å². The average Bonchev–Trinajstić information content (AvgIpc) is 3.79. The van der Waals surface area contributed by atoms with E-state index >= 15 is 0 Å². The van der Waals surface area contributed by atoms with Crippen LogP contribution in [0, 0.1) is 6.92 Å². The predicted molar refractivity (Wildman–Crippen MR) is 279 cm³/mol. The molecule has 0 unspecified atom stereocenters. The van der Waals surface area contributed by atoms with E-state index in [1.165, 1.54) is 98.3 Å². The lowest BCUT2D eigenvalue weighted by molar-refractivity contribution is 0.332. The molecule has 0 radical (unpaired) electrons. The summed E-state index contributed by atoms with van der Waals surface area (Å²) in [6, 6.07) is 40.6. The Morgan fingerprint density at radius 1 is 0.547 bits per heavy atom. The lowest BCUT2D eigenvalue weighted by Crippen LogP contribution is -2.61. The van der Waals surface area contributed by atoms with E-state index in [1.807, 2.05) is 11.3 Å². The highest BCUT2D eigenvalue weighted by atomic mass is 32.1. The van der Waals surface area contributed by atoms with Crippen LogP contribution in [0.4, 0.5) is 34.1 Å². The van der Waals surface area contributed by atoms with E-state index in [4.69, 9.17) is 4.42 Å². The van der Waals surface area contributed by atoms with Crippen LogP contribution >= 0.6 is 11.3 Å². The molecule has 6 aromatic carbocycles. The quantitative estimate of drug-likeness (QED) is 0.162. The molecule has 0 saturated heterocycles. The zero-order valence-electron chi connectivity index (χ0n) is 40.5. The largest absolute Gasteiger partial charge is 0.468 e. The molecule has 0 atom stereocenters. The first-order chi connectivity index (χ1) is 30.0. The van der Waals surface area contributed by atoms with Crippen molar-refractivity contribution in [2.75, 3.05) is 9.80 Å². The Labute approximate surface area is 385 Å². The summed E-state index contributed by atoms with van der Waals surface area (Å²) in [7, 11) is 0. The van der Waals surface area contributed by atoms with Gasteiger partial charge in [-0.25, -0.2) is 0 Å². The minimum Gasteiger partial charge on any atom is -0.468 e. The van der Waals surface area contributed by atoms with Crippen molar-refractivity contribution in [1.29, 1.82) is 0 Å². The SMILES string of the molecule is Cc1cc2c3c(c1)N(c1ccc(C(C)(C)C)cc1)c1c(ccc4c1sc1ccc(C(C)(C)C)cc14)B3c1oc3cc4c(cc3c1N2c1ccc(C(C)(C)C)cc1)C(C)(C)CCC4(C)C. The number of nitrogens with zero attached hydrogens (tertiary/aromatic N) is 2. The summed E-state index contributed by atoms with van der Waals surface area (Å²) < 4.78 is 10.2. The number of aryl methyl sites for hydroxylation is 1. The zero-order chi connectivity index (χ0) is 45.2. The van der Waals surface area contributed by atoms with Crippen LogP contribution in [0.2, 0.25) is 0 Å². The molecule has 0 amide bonds. The second-order valence-electron chi connectivity index (χ2n) is 23.8. The lowest BCUT2D eigenvalue weighted by atomic mass is 9.35. The van der Waals surface area contributed by atoms with Gasteiger partial charge in [0, 0.05) is 43.6 Å². The minimum atomic E-state index is -0.115. The van der Waals surface area contributed by atoms with E-state index in [9.17, 15) is 0 Å². The van der Waals surface area contributed by atoms with Gasteiger partial charge >= 0.3 is 0 Å². The van der Waals surface area contributed by atoms with Crippen molar-refractivity contribution in [3.05, 3.63) is 137 Å². The molecule has 4 heterocycles. The third-order valence-electron chi connectivity index (χ3n) is 15.2. The van der Waals surface area contributed by atoms with Crippen molar-refractivity contribution >= 4 is 99.9 Å². The summed E-state index contributed by atoms with van der Waals surface area (Å²) in [5, 5.41) is 3.85. The molecule has 64 heavy (non-hydrogen) atoms. The van der Waals surface area contributed by atoms with E-state index in [2.05, 4.69) is 210 Å². The zero-order valence-corrected chi connectivity index (χ0v) is 41.3. The van der Waals surface area contributed by atoms with Crippen LogP contribution in [0.1, 0.15) is 136 Å². The Hall–Kier alpha value is -5.26. The van der Waals surface area contributed by atoms with Gasteiger partial charge in [0.25, 0.3) is 6.71 Å². The Balaban J connectivity index is 1.26. The molecule has 3 aliphatic rings. The van der Waals surface area contributed by atoms with Crippen LogP contribution in [0.15, 0.2) is 108 Å². The fraction of sp³-hybridized carbons (Fsp3) is 0.356. The number of furan rings is 1. The minimum absolute atomic E-state index is 0.0396. The van der Waals surface area contributed by atoms with Crippen LogP contribution in [-0.2, 0) is 27.1 Å². The van der Waals surface area contributed by atoms with Crippen LogP contribution in [0.5, 0.6) is 0 Å². The molecule has 2 aliphatic heterocycles. The Kier molecular flexibility index (Phi) is 8.69. The Morgan fingerprint density at radius 3 is 1.61 bits per heavy atom. The van der Waals surface area contributed by atoms with Crippen molar-refractivity contribution in [2.45, 2.75) is 137 Å². The smallest absolute Gasteiger partial charge is 0.297 e. The molecule has 1 aliphatic carbocycles. The van der Waals surface area contributed by atoms with Crippen molar-refractivity contribution < 1.29 is 4.42 Å². The van der Waals surface area contributed by atoms with Crippen molar-refractivity contribution in [3.63, 3.8) is 0 Å². The van der Waals surface area contributed by atoms with Gasteiger partial charge in [-0.15, -0.1) is 11.3 Å². The third kappa shape index (κ3) is 6.12. The van der Waals surface area contributed by atoms with E-state index in [0.717, 1.165) is 29.8 Å². The van der Waals surface area contributed by atoms with E-state index in [1.54, 1.807) is 0 Å². The fourth-order valence-corrected chi connectivity index (χ4v) is 12.4. The van der Waals surface area contributed by atoms with Crippen LogP contribution in [-0.4, -0.2) is 6.71 Å². The summed E-state index contributed by atoms with van der Waals surface area (Å²) in [5.41, 5.74) is 20.2. The second kappa shape index (κ2) is 13.4. The van der Waals surface area contributed by atoms with Crippen LogP contribution in [0.3, 0.4) is 0 Å². The maximum absolute atomic E-state index is 7.55. The number of thiophene rings is 1. The highest BCUT2D eigenvalue weighted by Gasteiger charge is 2.48. The Morgan fingerprint density at radius 2 is 1.06 bits per heavy atom. The molecule has 2 aromatic heterocycles. The molecule has 0 saturated carbocycles. The maximum atomic E-state index is 7.55. The normalized spacial score (nSPS) is 16.6. The van der Waals surface area contributed by atoms with Gasteiger partial charge in [-0.05, 0) is 152 Å². The van der Waals surface area contributed by atoms with E-state index in [0.29, 0.717) is 0 Å². The third-order valence-corrected chi connectivity index (χ3v) is 16.4. The molecule has 324 valence electrons. The highest BCUT2D eigenvalue weighted by molar-refractivity contribution is 7.26. The number of anilines is 6. The average molecular weight is 859 g/mol. The van der Waals surface area contributed by atoms with E-state index < -0.39 is 0 Å². The van der Waals surface area contributed by atoms with Crippen LogP contribution in [0.25, 0.3) is 31.1 Å². The number of benzene rings is 6. The van der Waals surface area contributed by atoms with Gasteiger partial charge < -0.3 is 14.2 Å². The van der Waals surface area contributed by atoms with Crippen molar-refractivity contribution in [2.24, 2.45) is 0 Å². The van der Waals surface area contributed by atoms with Crippen molar-refractivity contribution in [3.8, 4) is 0 Å². The summed E-state index contributed by atoms with van der Waals surface area (Å²) in [4.78, 5) is 5.16. The first kappa shape index (κ1) is 41.4. The highest BCUT2D eigenvalue weighted by Crippen LogP contribution is 2.53. The van der Waals surface area contributed by atoms with Gasteiger partial charge in [0.1, 0.15) is 5.58 Å². The molecular weight excluding hydrogens is 796 g/mol. The fourth-order valence-electron chi connectivity index (χ4n) is 11.2. The molecule has 0 N–H and O–H groups in total.